The van der Waals surface area contributed by atoms with Crippen LogP contribution in [0, 0.1) is 5.82 Å². The number of carbonyl (C=O) groups excluding carboxylic acids is 1. The van der Waals surface area contributed by atoms with Crippen molar-refractivity contribution in [2.24, 2.45) is 0 Å². The van der Waals surface area contributed by atoms with Gasteiger partial charge in [-0.05, 0) is 60.7 Å². The lowest BCUT2D eigenvalue weighted by atomic mass is 10.0. The van der Waals surface area contributed by atoms with Crippen LogP contribution in [-0.4, -0.2) is 10.8 Å². The summed E-state index contributed by atoms with van der Waals surface area (Å²) in [6.07, 6.45) is 0.627. The van der Waals surface area contributed by atoms with Crippen LogP contribution in [0.5, 0.6) is 0 Å². The summed E-state index contributed by atoms with van der Waals surface area (Å²) in [6, 6.07) is 5.85. The number of allylic oxidation sites excluding steroid dienone is 2. The largest absolute Gasteiger partial charge is 0.416 e. The number of pyridine rings is 1. The van der Waals surface area contributed by atoms with E-state index in [9.17, 15) is 22.4 Å². The first-order valence-electron chi connectivity index (χ1n) is 8.11. The van der Waals surface area contributed by atoms with E-state index in [0.29, 0.717) is 23.9 Å². The molecule has 136 valence electrons. The van der Waals surface area contributed by atoms with Crippen molar-refractivity contribution >= 4 is 11.6 Å². The van der Waals surface area contributed by atoms with Crippen molar-refractivity contribution in [2.45, 2.75) is 31.9 Å². The van der Waals surface area contributed by atoms with Gasteiger partial charge >= 0.3 is 6.18 Å². The zero-order valence-corrected chi connectivity index (χ0v) is 13.7. The monoisotopic (exact) mass is 364 g/mol. The molecule has 0 radical (unpaired) electrons. The first-order chi connectivity index (χ1) is 12.3. The molecule has 0 unspecified atom stereocenters. The Morgan fingerprint density at radius 2 is 1.88 bits per heavy atom. The van der Waals surface area contributed by atoms with Gasteiger partial charge in [-0.1, -0.05) is 0 Å². The molecule has 0 spiro atoms. The van der Waals surface area contributed by atoms with Crippen molar-refractivity contribution in [1.29, 1.82) is 0 Å². The van der Waals surface area contributed by atoms with E-state index in [1.165, 1.54) is 6.20 Å². The fourth-order valence-electron chi connectivity index (χ4n) is 2.86. The molecule has 1 aromatic heterocycles. The van der Waals surface area contributed by atoms with Gasteiger partial charge in [-0.15, -0.1) is 0 Å². The first-order valence-corrected chi connectivity index (χ1v) is 8.11. The second kappa shape index (κ2) is 7.27. The van der Waals surface area contributed by atoms with Crippen LogP contribution in [0.2, 0.25) is 0 Å². The van der Waals surface area contributed by atoms with Crippen LogP contribution in [0.1, 0.15) is 36.0 Å². The second-order valence-electron chi connectivity index (χ2n) is 6.19. The lowest BCUT2D eigenvalue weighted by Gasteiger charge is -2.14. The summed E-state index contributed by atoms with van der Waals surface area (Å²) >= 11 is 0. The summed E-state index contributed by atoms with van der Waals surface area (Å²) in [4.78, 5) is 15.6. The quantitative estimate of drug-likeness (QED) is 0.787. The highest BCUT2D eigenvalue weighted by molar-refractivity contribution is 5.91. The third-order valence-corrected chi connectivity index (χ3v) is 4.01. The molecule has 0 amide bonds. The molecule has 1 aliphatic rings. The molecule has 0 saturated carbocycles. The highest BCUT2D eigenvalue weighted by atomic mass is 19.4. The summed E-state index contributed by atoms with van der Waals surface area (Å²) in [5.74, 6) is -0.377. The average molecular weight is 364 g/mol. The fourth-order valence-corrected chi connectivity index (χ4v) is 2.86. The predicted octanol–water partition coefficient (Wildman–Crippen LogP) is 4.88. The van der Waals surface area contributed by atoms with Crippen LogP contribution in [0.15, 0.2) is 48.3 Å². The zero-order valence-electron chi connectivity index (χ0n) is 13.7. The van der Waals surface area contributed by atoms with E-state index in [-0.39, 0.29) is 17.8 Å². The van der Waals surface area contributed by atoms with Crippen LogP contribution >= 0.6 is 0 Å². The minimum absolute atomic E-state index is 0.0503. The van der Waals surface area contributed by atoms with E-state index < -0.39 is 17.6 Å². The van der Waals surface area contributed by atoms with Crippen molar-refractivity contribution in [3.8, 4) is 0 Å². The van der Waals surface area contributed by atoms with E-state index in [2.05, 4.69) is 10.3 Å². The summed E-state index contributed by atoms with van der Waals surface area (Å²) in [7, 11) is 0. The Bertz CT molecular complexity index is 859. The van der Waals surface area contributed by atoms with E-state index in [1.807, 2.05) is 0 Å². The number of aromatic nitrogens is 1. The molecule has 0 saturated heterocycles. The summed E-state index contributed by atoms with van der Waals surface area (Å²) in [5.41, 5.74) is 0.660. The third-order valence-electron chi connectivity index (χ3n) is 4.01. The molecule has 3 rings (SSSR count). The molecule has 1 aliphatic carbocycles. The number of benzene rings is 1. The Kier molecular flexibility index (Phi) is 5.06. The summed E-state index contributed by atoms with van der Waals surface area (Å²) in [5, 5.41) is 3.06. The SMILES string of the molecule is O=C1C=C(Nc2cc(Cc3cc(F)cc(C(F)(F)F)c3)ccn2)CCC1. The molecule has 0 bridgehead atoms. The second-order valence-corrected chi connectivity index (χ2v) is 6.19. The maximum Gasteiger partial charge on any atom is 0.416 e. The molecule has 0 fully saturated rings. The fraction of sp³-hybridized carbons (Fsp3) is 0.263. The Balaban J connectivity index is 1.79. The minimum atomic E-state index is -4.60. The van der Waals surface area contributed by atoms with Gasteiger partial charge in [-0.2, -0.15) is 13.2 Å². The van der Waals surface area contributed by atoms with Crippen LogP contribution in [0.4, 0.5) is 23.4 Å². The lowest BCUT2D eigenvalue weighted by Crippen LogP contribution is -2.10. The molecule has 1 N–H and O–H groups in total. The predicted molar refractivity (Wildman–Crippen MR) is 89.0 cm³/mol. The number of nitrogens with one attached hydrogen (secondary N) is 1. The molecule has 1 aromatic carbocycles. The summed E-state index contributed by atoms with van der Waals surface area (Å²) < 4.78 is 52.0. The number of nitrogens with zero attached hydrogens (tertiary/aromatic N) is 1. The molecule has 3 nitrogen and oxygen atoms in total. The summed E-state index contributed by atoms with van der Waals surface area (Å²) in [6.45, 7) is 0. The number of alkyl halides is 3. The Hall–Kier alpha value is -2.70. The van der Waals surface area contributed by atoms with Crippen molar-refractivity contribution in [3.63, 3.8) is 0 Å². The van der Waals surface area contributed by atoms with E-state index in [0.717, 1.165) is 30.7 Å². The van der Waals surface area contributed by atoms with E-state index in [1.54, 1.807) is 18.2 Å². The molecular weight excluding hydrogens is 348 g/mol. The van der Waals surface area contributed by atoms with Gasteiger partial charge in [0.15, 0.2) is 5.78 Å². The van der Waals surface area contributed by atoms with Crippen LogP contribution in [-0.2, 0) is 17.4 Å². The lowest BCUT2D eigenvalue weighted by molar-refractivity contribution is -0.137. The van der Waals surface area contributed by atoms with Gasteiger partial charge in [-0.3, -0.25) is 4.79 Å². The molecule has 0 aliphatic heterocycles. The molecule has 26 heavy (non-hydrogen) atoms. The first kappa shape index (κ1) is 18.1. The van der Waals surface area contributed by atoms with Crippen LogP contribution in [0.3, 0.4) is 0 Å². The molecular formula is C19H16F4N2O. The maximum atomic E-state index is 13.5. The molecule has 1 heterocycles. The zero-order chi connectivity index (χ0) is 18.7. The van der Waals surface area contributed by atoms with Crippen molar-refractivity contribution in [3.05, 3.63) is 70.8 Å². The minimum Gasteiger partial charge on any atom is -0.344 e. The number of hydrogen-bond donors (Lipinski definition) is 1. The smallest absolute Gasteiger partial charge is 0.344 e. The van der Waals surface area contributed by atoms with Gasteiger partial charge < -0.3 is 5.32 Å². The Morgan fingerprint density at radius 3 is 2.62 bits per heavy atom. The van der Waals surface area contributed by atoms with Gasteiger partial charge in [0.1, 0.15) is 11.6 Å². The standard InChI is InChI=1S/C19H16F4N2O/c20-15-8-13(7-14(10-15)19(21,22)23)6-12-4-5-24-18(9-12)25-16-2-1-3-17(26)11-16/h4-5,7-11H,1-3,6H2,(H,24,25). The van der Waals surface area contributed by atoms with Crippen molar-refractivity contribution in [2.75, 3.05) is 5.32 Å². The Morgan fingerprint density at radius 1 is 1.08 bits per heavy atom. The maximum absolute atomic E-state index is 13.5. The van der Waals surface area contributed by atoms with Gasteiger partial charge in [0.05, 0.1) is 5.56 Å². The van der Waals surface area contributed by atoms with Gasteiger partial charge in [0.25, 0.3) is 0 Å². The average Bonchev–Trinajstić information content (AvgIpc) is 2.54. The highest BCUT2D eigenvalue weighted by Crippen LogP contribution is 2.31. The van der Waals surface area contributed by atoms with Crippen molar-refractivity contribution in [1.82, 2.24) is 4.98 Å². The van der Waals surface area contributed by atoms with Crippen LogP contribution in [0.25, 0.3) is 0 Å². The van der Waals surface area contributed by atoms with Gasteiger partial charge in [-0.25, -0.2) is 9.37 Å². The number of ketones is 1. The number of carbonyl (C=O) groups is 1. The number of rotatable bonds is 4. The normalized spacial score (nSPS) is 14.9. The third kappa shape index (κ3) is 4.68. The topological polar surface area (TPSA) is 42.0 Å². The van der Waals surface area contributed by atoms with E-state index in [4.69, 9.17) is 0 Å². The van der Waals surface area contributed by atoms with Gasteiger partial charge in [0, 0.05) is 24.4 Å². The van der Waals surface area contributed by atoms with Crippen molar-refractivity contribution < 1.29 is 22.4 Å². The number of halogens is 4. The molecule has 2 aromatic rings. The van der Waals surface area contributed by atoms with Crippen LogP contribution < -0.4 is 5.32 Å². The highest BCUT2D eigenvalue weighted by Gasteiger charge is 2.31. The number of hydrogen-bond acceptors (Lipinski definition) is 3. The van der Waals surface area contributed by atoms with Gasteiger partial charge in [0.2, 0.25) is 0 Å². The molecule has 0 atom stereocenters. The molecule has 7 heteroatoms. The number of anilines is 1. The van der Waals surface area contributed by atoms with E-state index >= 15 is 0 Å². The Labute approximate surface area is 147 Å².